The topological polar surface area (TPSA) is 83.6 Å². The second kappa shape index (κ2) is 5.29. The zero-order valence-corrected chi connectivity index (χ0v) is 10.0. The van der Waals surface area contributed by atoms with Crippen molar-refractivity contribution in [2.75, 3.05) is 6.54 Å². The molecule has 5 nitrogen and oxygen atoms in total. The fourth-order valence-corrected chi connectivity index (χ4v) is 2.08. The maximum Gasteiger partial charge on any atom is 0.263 e. The number of nitrogens with two attached hydrogens (primary N) is 1. The molecule has 0 saturated heterocycles. The Morgan fingerprint density at radius 3 is 2.17 bits per heavy atom. The molecule has 1 aliphatic rings. The Balaban J connectivity index is 2.13. The molecule has 0 aliphatic carbocycles. The highest BCUT2D eigenvalue weighted by molar-refractivity contribution is 6.21. The zero-order chi connectivity index (χ0) is 13.1. The van der Waals surface area contributed by atoms with Crippen molar-refractivity contribution in [2.45, 2.75) is 25.5 Å². The maximum atomic E-state index is 12.0. The quantitative estimate of drug-likeness (QED) is 0.594. The van der Waals surface area contributed by atoms with E-state index in [0.717, 1.165) is 11.3 Å². The number of carbonyl (C=O) groups excluding carboxylic acids is 2. The lowest BCUT2D eigenvalue weighted by Crippen LogP contribution is -2.39. The van der Waals surface area contributed by atoms with E-state index in [0.29, 0.717) is 30.5 Å². The molecule has 1 atom stereocenters. The lowest BCUT2D eigenvalue weighted by Gasteiger charge is -2.20. The van der Waals surface area contributed by atoms with Crippen LogP contribution in [-0.4, -0.2) is 34.6 Å². The highest BCUT2D eigenvalue weighted by Crippen LogP contribution is 2.25. The van der Waals surface area contributed by atoms with Crippen molar-refractivity contribution < 1.29 is 14.7 Å². The van der Waals surface area contributed by atoms with E-state index >= 15 is 0 Å². The Bertz CT molecular complexity index is 438. The van der Waals surface area contributed by atoms with Gasteiger partial charge in [0.05, 0.1) is 11.1 Å². The van der Waals surface area contributed by atoms with Crippen LogP contribution in [0.1, 0.15) is 40.0 Å². The summed E-state index contributed by atoms with van der Waals surface area (Å²) in [5.41, 5.74) is 6.09. The van der Waals surface area contributed by atoms with E-state index in [9.17, 15) is 14.7 Å². The molecule has 96 valence electrons. The fraction of sp³-hybridized carbons (Fsp3) is 0.385. The molecule has 1 aromatic rings. The van der Waals surface area contributed by atoms with Crippen LogP contribution in [0, 0.1) is 0 Å². The Kier molecular flexibility index (Phi) is 3.74. The number of hydrogen-bond donors (Lipinski definition) is 2. The van der Waals surface area contributed by atoms with Crippen LogP contribution >= 0.6 is 0 Å². The van der Waals surface area contributed by atoms with Gasteiger partial charge in [-0.2, -0.15) is 0 Å². The number of unbranched alkanes of at least 4 members (excludes halogenated alkanes) is 1. The number of carbonyl (C=O) groups is 2. The first kappa shape index (κ1) is 12.7. The monoisotopic (exact) mass is 248 g/mol. The van der Waals surface area contributed by atoms with E-state index in [1.165, 1.54) is 0 Å². The van der Waals surface area contributed by atoms with Gasteiger partial charge in [-0.15, -0.1) is 0 Å². The first-order valence-corrected chi connectivity index (χ1v) is 6.02. The number of amides is 2. The lowest BCUT2D eigenvalue weighted by molar-refractivity contribution is 0.00977. The first-order valence-electron chi connectivity index (χ1n) is 6.02. The van der Waals surface area contributed by atoms with Crippen molar-refractivity contribution in [3.8, 4) is 0 Å². The number of hydrogen-bond acceptors (Lipinski definition) is 4. The minimum atomic E-state index is -1.07. The van der Waals surface area contributed by atoms with E-state index in [1.54, 1.807) is 24.3 Å². The van der Waals surface area contributed by atoms with Gasteiger partial charge in [0.2, 0.25) is 0 Å². The van der Waals surface area contributed by atoms with Gasteiger partial charge in [0.1, 0.15) is 6.23 Å². The van der Waals surface area contributed by atoms with Gasteiger partial charge in [-0.05, 0) is 37.9 Å². The van der Waals surface area contributed by atoms with Crippen molar-refractivity contribution >= 4 is 11.8 Å². The molecule has 1 unspecified atom stereocenters. The molecule has 1 aromatic carbocycles. The van der Waals surface area contributed by atoms with Crippen LogP contribution in [0.25, 0.3) is 0 Å². The molecule has 0 fully saturated rings. The molecule has 2 amide bonds. The number of aliphatic hydroxyl groups is 1. The number of imide groups is 1. The molecule has 5 heteroatoms. The number of nitrogens with zero attached hydrogens (tertiary/aromatic N) is 1. The van der Waals surface area contributed by atoms with Gasteiger partial charge in [-0.1, -0.05) is 12.1 Å². The average molecular weight is 248 g/mol. The molecule has 0 aromatic heterocycles. The Morgan fingerprint density at radius 1 is 1.11 bits per heavy atom. The van der Waals surface area contributed by atoms with Crippen molar-refractivity contribution in [1.82, 2.24) is 4.90 Å². The number of aliphatic hydroxyl groups excluding tert-OH is 1. The summed E-state index contributed by atoms with van der Waals surface area (Å²) >= 11 is 0. The summed E-state index contributed by atoms with van der Waals surface area (Å²) in [7, 11) is 0. The largest absolute Gasteiger partial charge is 0.373 e. The van der Waals surface area contributed by atoms with Crippen LogP contribution in [-0.2, 0) is 0 Å². The Hall–Kier alpha value is -1.72. The molecule has 1 heterocycles. The van der Waals surface area contributed by atoms with Gasteiger partial charge in [0.15, 0.2) is 0 Å². The Morgan fingerprint density at radius 2 is 1.67 bits per heavy atom. The molecular formula is C13H16N2O3. The predicted octanol–water partition coefficient (Wildman–Crippen LogP) is 0.730. The summed E-state index contributed by atoms with van der Waals surface area (Å²) in [6.45, 7) is 0.537. The molecular weight excluding hydrogens is 232 g/mol. The first-order chi connectivity index (χ1) is 8.66. The van der Waals surface area contributed by atoms with Crippen LogP contribution in [0.15, 0.2) is 24.3 Å². The average Bonchev–Trinajstić information content (AvgIpc) is 2.63. The van der Waals surface area contributed by atoms with Crippen LogP contribution in [0.2, 0.25) is 0 Å². The summed E-state index contributed by atoms with van der Waals surface area (Å²) in [4.78, 5) is 24.9. The number of benzene rings is 1. The SMILES string of the molecule is NCCCCC(O)N1C(=O)c2ccccc2C1=O. The Labute approximate surface area is 105 Å². The molecule has 0 saturated carbocycles. The smallest absolute Gasteiger partial charge is 0.263 e. The molecule has 1 aliphatic heterocycles. The highest BCUT2D eigenvalue weighted by Gasteiger charge is 2.38. The normalized spacial score (nSPS) is 16.0. The standard InChI is InChI=1S/C13H16N2O3/c14-8-4-3-7-11(16)15-12(17)9-5-1-2-6-10(9)13(15)18/h1-2,5-6,11,16H,3-4,7-8,14H2. The third-order valence-corrected chi connectivity index (χ3v) is 3.04. The van der Waals surface area contributed by atoms with E-state index < -0.39 is 18.0 Å². The van der Waals surface area contributed by atoms with Crippen molar-refractivity contribution in [3.63, 3.8) is 0 Å². The summed E-state index contributed by atoms with van der Waals surface area (Å²) in [5, 5.41) is 9.93. The van der Waals surface area contributed by atoms with Gasteiger partial charge < -0.3 is 10.8 Å². The van der Waals surface area contributed by atoms with Gasteiger partial charge in [-0.25, -0.2) is 4.90 Å². The minimum absolute atomic E-state index is 0.361. The molecule has 3 N–H and O–H groups in total. The van der Waals surface area contributed by atoms with Crippen LogP contribution in [0.3, 0.4) is 0 Å². The van der Waals surface area contributed by atoms with Gasteiger partial charge in [0, 0.05) is 0 Å². The summed E-state index contributed by atoms with van der Waals surface area (Å²) in [5.74, 6) is -0.841. The second-order valence-electron chi connectivity index (χ2n) is 4.29. The molecule has 0 spiro atoms. The summed E-state index contributed by atoms with van der Waals surface area (Å²) in [6.07, 6.45) is 0.748. The lowest BCUT2D eigenvalue weighted by atomic mass is 10.1. The van der Waals surface area contributed by atoms with E-state index in [-0.39, 0.29) is 0 Å². The van der Waals surface area contributed by atoms with E-state index in [2.05, 4.69) is 0 Å². The summed E-state index contributed by atoms with van der Waals surface area (Å²) < 4.78 is 0. The predicted molar refractivity (Wildman–Crippen MR) is 65.9 cm³/mol. The highest BCUT2D eigenvalue weighted by atomic mass is 16.3. The number of fused-ring (bicyclic) bond motifs is 1. The van der Waals surface area contributed by atoms with E-state index in [4.69, 9.17) is 5.73 Å². The van der Waals surface area contributed by atoms with Crippen LogP contribution in [0.5, 0.6) is 0 Å². The fourth-order valence-electron chi connectivity index (χ4n) is 2.08. The molecule has 0 bridgehead atoms. The molecule has 2 rings (SSSR count). The zero-order valence-electron chi connectivity index (χ0n) is 10.0. The van der Waals surface area contributed by atoms with Gasteiger partial charge in [-0.3, -0.25) is 9.59 Å². The second-order valence-corrected chi connectivity index (χ2v) is 4.29. The molecule has 0 radical (unpaired) electrons. The van der Waals surface area contributed by atoms with E-state index in [1.807, 2.05) is 0 Å². The summed E-state index contributed by atoms with van der Waals surface area (Å²) in [6, 6.07) is 6.60. The van der Waals surface area contributed by atoms with Crippen LogP contribution in [0.4, 0.5) is 0 Å². The van der Waals surface area contributed by atoms with Crippen molar-refractivity contribution in [2.24, 2.45) is 5.73 Å². The molecule has 18 heavy (non-hydrogen) atoms. The van der Waals surface area contributed by atoms with Gasteiger partial charge >= 0.3 is 0 Å². The minimum Gasteiger partial charge on any atom is -0.373 e. The third-order valence-electron chi connectivity index (χ3n) is 3.04. The van der Waals surface area contributed by atoms with Gasteiger partial charge in [0.25, 0.3) is 11.8 Å². The maximum absolute atomic E-state index is 12.0. The van der Waals surface area contributed by atoms with Crippen molar-refractivity contribution in [3.05, 3.63) is 35.4 Å². The van der Waals surface area contributed by atoms with Crippen LogP contribution < -0.4 is 5.73 Å². The number of rotatable bonds is 5. The van der Waals surface area contributed by atoms with Crippen molar-refractivity contribution in [1.29, 1.82) is 0 Å². The third kappa shape index (κ3) is 2.14.